The normalized spacial score (nSPS) is 13.1. The number of nitrogens with zero attached hydrogens (tertiary/aromatic N) is 1. The molecule has 0 rings (SSSR count). The molecule has 0 heterocycles. The average molecular weight is 254 g/mol. The van der Waals surface area contributed by atoms with E-state index in [1.54, 1.807) is 0 Å². The van der Waals surface area contributed by atoms with Gasteiger partial charge in [0.25, 0.3) is 0 Å². The summed E-state index contributed by atoms with van der Waals surface area (Å²) in [4.78, 5) is 2.32. The highest BCUT2D eigenvalue weighted by atomic mass is 19.4. The van der Waals surface area contributed by atoms with Gasteiger partial charge >= 0.3 is 6.18 Å². The molecule has 104 valence electrons. The molecule has 17 heavy (non-hydrogen) atoms. The fourth-order valence-electron chi connectivity index (χ4n) is 1.86. The lowest BCUT2D eigenvalue weighted by atomic mass is 10.2. The molecule has 0 amide bonds. The van der Waals surface area contributed by atoms with E-state index in [-0.39, 0.29) is 6.42 Å². The second-order valence-electron chi connectivity index (χ2n) is 4.89. The lowest BCUT2D eigenvalue weighted by Gasteiger charge is -2.30. The Kier molecular flexibility index (Phi) is 7.79. The molecule has 5 heteroatoms. The van der Waals surface area contributed by atoms with Crippen LogP contribution in [0.4, 0.5) is 13.2 Å². The van der Waals surface area contributed by atoms with Gasteiger partial charge in [0.05, 0.1) is 0 Å². The molecule has 0 saturated carbocycles. The first-order valence-corrected chi connectivity index (χ1v) is 6.27. The van der Waals surface area contributed by atoms with Crippen molar-refractivity contribution < 1.29 is 13.2 Å². The standard InChI is InChI=1S/C12H25F3N2/c1-10(2)17(11(3)4)9-8-16-7-5-6-12(13,14)15/h10-11,16H,5-9H2,1-4H3. The van der Waals surface area contributed by atoms with Crippen LogP contribution in [-0.2, 0) is 0 Å². The molecule has 0 radical (unpaired) electrons. The Morgan fingerprint density at radius 1 is 1.00 bits per heavy atom. The van der Waals surface area contributed by atoms with Crippen LogP contribution in [0.1, 0.15) is 40.5 Å². The summed E-state index contributed by atoms with van der Waals surface area (Å²) in [6.45, 7) is 10.6. The van der Waals surface area contributed by atoms with Crippen molar-refractivity contribution in [1.82, 2.24) is 10.2 Å². The van der Waals surface area contributed by atoms with Crippen LogP contribution in [0.5, 0.6) is 0 Å². The van der Waals surface area contributed by atoms with E-state index in [4.69, 9.17) is 0 Å². The number of rotatable bonds is 8. The average Bonchev–Trinajstić information content (AvgIpc) is 2.13. The first-order chi connectivity index (χ1) is 7.74. The smallest absolute Gasteiger partial charge is 0.315 e. The van der Waals surface area contributed by atoms with E-state index in [9.17, 15) is 13.2 Å². The van der Waals surface area contributed by atoms with Gasteiger partial charge in [0.2, 0.25) is 0 Å². The van der Waals surface area contributed by atoms with Gasteiger partial charge in [0.1, 0.15) is 0 Å². The minimum atomic E-state index is -4.02. The summed E-state index contributed by atoms with van der Waals surface area (Å²) < 4.78 is 35.6. The van der Waals surface area contributed by atoms with Gasteiger partial charge in [-0.05, 0) is 40.7 Å². The van der Waals surface area contributed by atoms with Gasteiger partial charge in [0, 0.05) is 31.6 Å². The van der Waals surface area contributed by atoms with Crippen LogP contribution in [-0.4, -0.2) is 42.8 Å². The Hall–Kier alpha value is -0.290. The molecule has 0 aromatic carbocycles. The molecule has 0 unspecified atom stereocenters. The Balaban J connectivity index is 3.56. The third-order valence-electron chi connectivity index (χ3n) is 2.69. The third-order valence-corrected chi connectivity index (χ3v) is 2.69. The molecule has 0 spiro atoms. The molecule has 0 aliphatic carbocycles. The zero-order valence-corrected chi connectivity index (χ0v) is 11.3. The minimum Gasteiger partial charge on any atom is -0.315 e. The van der Waals surface area contributed by atoms with Crippen LogP contribution >= 0.6 is 0 Å². The van der Waals surface area contributed by atoms with E-state index in [0.717, 1.165) is 13.1 Å². The summed E-state index contributed by atoms with van der Waals surface area (Å²) >= 11 is 0. The molecule has 0 aliphatic heterocycles. The SMILES string of the molecule is CC(C)N(CCNCCCC(F)(F)F)C(C)C. The summed E-state index contributed by atoms with van der Waals surface area (Å²) in [7, 11) is 0. The molecule has 0 atom stereocenters. The van der Waals surface area contributed by atoms with Crippen molar-refractivity contribution in [2.75, 3.05) is 19.6 Å². The maximum Gasteiger partial charge on any atom is 0.389 e. The predicted molar refractivity (Wildman–Crippen MR) is 65.1 cm³/mol. The first kappa shape index (κ1) is 16.7. The Morgan fingerprint density at radius 2 is 1.53 bits per heavy atom. The van der Waals surface area contributed by atoms with E-state index in [0.29, 0.717) is 18.6 Å². The van der Waals surface area contributed by atoms with Crippen LogP contribution in [0.2, 0.25) is 0 Å². The van der Waals surface area contributed by atoms with Crippen LogP contribution in [0.3, 0.4) is 0 Å². The van der Waals surface area contributed by atoms with Crippen molar-refractivity contribution in [2.45, 2.75) is 58.8 Å². The Morgan fingerprint density at radius 3 is 1.94 bits per heavy atom. The van der Waals surface area contributed by atoms with E-state index in [1.807, 2.05) is 0 Å². The molecule has 0 aliphatic rings. The van der Waals surface area contributed by atoms with Crippen molar-refractivity contribution in [3.8, 4) is 0 Å². The van der Waals surface area contributed by atoms with Gasteiger partial charge in [-0.15, -0.1) is 0 Å². The molecule has 2 nitrogen and oxygen atoms in total. The zero-order valence-electron chi connectivity index (χ0n) is 11.3. The van der Waals surface area contributed by atoms with E-state index in [2.05, 4.69) is 37.9 Å². The maximum absolute atomic E-state index is 11.9. The summed E-state index contributed by atoms with van der Waals surface area (Å²) in [6, 6.07) is 0.930. The van der Waals surface area contributed by atoms with E-state index >= 15 is 0 Å². The summed E-state index contributed by atoms with van der Waals surface area (Å²) in [5.41, 5.74) is 0. The second-order valence-corrected chi connectivity index (χ2v) is 4.89. The maximum atomic E-state index is 11.9. The van der Waals surface area contributed by atoms with Crippen molar-refractivity contribution in [3.63, 3.8) is 0 Å². The zero-order chi connectivity index (χ0) is 13.5. The summed E-state index contributed by atoms with van der Waals surface area (Å²) in [5, 5.41) is 3.06. The lowest BCUT2D eigenvalue weighted by Crippen LogP contribution is -2.41. The van der Waals surface area contributed by atoms with Crippen molar-refractivity contribution in [2.24, 2.45) is 0 Å². The molecule has 0 aromatic heterocycles. The van der Waals surface area contributed by atoms with Crippen LogP contribution in [0, 0.1) is 0 Å². The van der Waals surface area contributed by atoms with Crippen molar-refractivity contribution in [1.29, 1.82) is 0 Å². The van der Waals surface area contributed by atoms with Gasteiger partial charge in [0.15, 0.2) is 0 Å². The van der Waals surface area contributed by atoms with Gasteiger partial charge < -0.3 is 5.32 Å². The predicted octanol–water partition coefficient (Wildman–Crippen LogP) is 3.04. The minimum absolute atomic E-state index is 0.160. The molecular weight excluding hydrogens is 229 g/mol. The van der Waals surface area contributed by atoms with E-state index < -0.39 is 12.6 Å². The van der Waals surface area contributed by atoms with Crippen LogP contribution in [0.15, 0.2) is 0 Å². The largest absolute Gasteiger partial charge is 0.389 e. The molecule has 0 fully saturated rings. The highest BCUT2D eigenvalue weighted by molar-refractivity contribution is 4.68. The fraction of sp³-hybridized carbons (Fsp3) is 1.00. The van der Waals surface area contributed by atoms with Gasteiger partial charge in [-0.1, -0.05) is 0 Å². The van der Waals surface area contributed by atoms with Gasteiger partial charge in [-0.3, -0.25) is 4.90 Å². The molecule has 1 N–H and O–H groups in total. The Labute approximate surface area is 103 Å². The van der Waals surface area contributed by atoms with Gasteiger partial charge in [-0.25, -0.2) is 0 Å². The first-order valence-electron chi connectivity index (χ1n) is 6.27. The topological polar surface area (TPSA) is 15.3 Å². The van der Waals surface area contributed by atoms with Crippen molar-refractivity contribution in [3.05, 3.63) is 0 Å². The molecule has 0 aromatic rings. The van der Waals surface area contributed by atoms with Gasteiger partial charge in [-0.2, -0.15) is 13.2 Å². The molecular formula is C12H25F3N2. The lowest BCUT2D eigenvalue weighted by molar-refractivity contribution is -0.135. The second kappa shape index (κ2) is 7.93. The summed E-state index contributed by atoms with van der Waals surface area (Å²) in [5.74, 6) is 0. The highest BCUT2D eigenvalue weighted by Crippen LogP contribution is 2.20. The third kappa shape index (κ3) is 9.41. The number of alkyl halides is 3. The molecule has 0 bridgehead atoms. The number of nitrogens with one attached hydrogen (secondary N) is 1. The van der Waals surface area contributed by atoms with Crippen LogP contribution < -0.4 is 5.32 Å². The highest BCUT2D eigenvalue weighted by Gasteiger charge is 2.25. The molecule has 0 saturated heterocycles. The quantitative estimate of drug-likeness (QED) is 0.670. The Bertz CT molecular complexity index is 183. The van der Waals surface area contributed by atoms with E-state index in [1.165, 1.54) is 0 Å². The number of halogens is 3. The number of hydrogen-bond donors (Lipinski definition) is 1. The number of hydrogen-bond acceptors (Lipinski definition) is 2. The summed E-state index contributed by atoms with van der Waals surface area (Å²) in [6.07, 6.45) is -4.56. The monoisotopic (exact) mass is 254 g/mol. The van der Waals surface area contributed by atoms with Crippen LogP contribution in [0.25, 0.3) is 0 Å². The van der Waals surface area contributed by atoms with Crippen molar-refractivity contribution >= 4 is 0 Å². The fourth-order valence-corrected chi connectivity index (χ4v) is 1.86.